The summed E-state index contributed by atoms with van der Waals surface area (Å²) in [4.78, 5) is 33.6. The molecule has 5 aromatic rings. The van der Waals surface area contributed by atoms with Gasteiger partial charge in [0.25, 0.3) is 5.56 Å². The lowest BCUT2D eigenvalue weighted by molar-refractivity contribution is 0.0838. The van der Waals surface area contributed by atoms with Gasteiger partial charge in [0.1, 0.15) is 29.8 Å². The van der Waals surface area contributed by atoms with Crippen LogP contribution in [-0.2, 0) is 11.5 Å². The van der Waals surface area contributed by atoms with Gasteiger partial charge in [-0.1, -0.05) is 17.3 Å². The number of H-pyrrole nitrogens is 1. The predicted molar refractivity (Wildman–Crippen MR) is 149 cm³/mol. The Labute approximate surface area is 230 Å². The number of nitrogens with zero attached hydrogens (tertiary/aromatic N) is 3. The Kier molecular flexibility index (Phi) is 6.34. The molecule has 0 saturated heterocycles. The molecule has 1 aliphatic rings. The van der Waals surface area contributed by atoms with Crippen LogP contribution in [0, 0.1) is 11.7 Å². The van der Waals surface area contributed by atoms with Crippen LogP contribution in [0.1, 0.15) is 29.3 Å². The van der Waals surface area contributed by atoms with Gasteiger partial charge in [0.2, 0.25) is 11.2 Å². The zero-order chi connectivity index (χ0) is 28.0. The quantitative estimate of drug-likeness (QED) is 0.274. The number of rotatable bonds is 7. The van der Waals surface area contributed by atoms with Crippen molar-refractivity contribution in [2.24, 2.45) is 5.16 Å². The minimum absolute atomic E-state index is 0.228. The molecule has 1 unspecified atom stereocenters. The summed E-state index contributed by atoms with van der Waals surface area (Å²) in [6, 6.07) is 9.26. The van der Waals surface area contributed by atoms with E-state index in [0.29, 0.717) is 45.9 Å². The van der Waals surface area contributed by atoms with Crippen molar-refractivity contribution < 1.29 is 23.1 Å². The van der Waals surface area contributed by atoms with E-state index < -0.39 is 6.10 Å². The molecular formula is C27H23N5O7S. The molecule has 1 aliphatic heterocycles. The molecule has 12 nitrogen and oxygen atoms in total. The lowest BCUT2D eigenvalue weighted by Gasteiger charge is -2.13. The van der Waals surface area contributed by atoms with Crippen LogP contribution in [-0.4, -0.2) is 34.7 Å². The SMILES string of the molecule is COc1c2occc2c(OC)c2c(=O)c(C3CC(c4ccc(NCn5nc(C)c(=O)[nH]c5=S)cc4)=NO3)coc12. The molecule has 40 heavy (non-hydrogen) atoms. The average Bonchev–Trinajstić information content (AvgIpc) is 3.64. The summed E-state index contributed by atoms with van der Waals surface area (Å²) < 4.78 is 24.2. The van der Waals surface area contributed by atoms with E-state index in [1.54, 1.807) is 13.0 Å². The number of methoxy groups -OCH3 is 2. The Bertz CT molecular complexity index is 1970. The monoisotopic (exact) mass is 561 g/mol. The van der Waals surface area contributed by atoms with Gasteiger partial charge in [-0.2, -0.15) is 5.10 Å². The number of hydrogen-bond acceptors (Lipinski definition) is 11. The largest absolute Gasteiger partial charge is 0.495 e. The molecule has 4 heterocycles. The van der Waals surface area contributed by atoms with Crippen LogP contribution >= 0.6 is 12.2 Å². The Morgan fingerprint density at radius 1 is 1.10 bits per heavy atom. The third-order valence-electron chi connectivity index (χ3n) is 6.70. The minimum Gasteiger partial charge on any atom is -0.495 e. The summed E-state index contributed by atoms with van der Waals surface area (Å²) in [5.41, 5.74) is 3.03. The van der Waals surface area contributed by atoms with Crippen molar-refractivity contribution >= 4 is 45.6 Å². The van der Waals surface area contributed by atoms with Gasteiger partial charge in [-0.15, -0.1) is 0 Å². The fourth-order valence-electron chi connectivity index (χ4n) is 4.67. The zero-order valence-corrected chi connectivity index (χ0v) is 22.5. The highest BCUT2D eigenvalue weighted by Crippen LogP contribution is 2.42. The van der Waals surface area contributed by atoms with Crippen molar-refractivity contribution in [1.82, 2.24) is 14.8 Å². The molecule has 0 radical (unpaired) electrons. The van der Waals surface area contributed by atoms with Gasteiger partial charge in [0, 0.05) is 12.1 Å². The van der Waals surface area contributed by atoms with Gasteiger partial charge in [-0.3, -0.25) is 14.6 Å². The molecule has 0 fully saturated rings. The molecule has 0 saturated carbocycles. The van der Waals surface area contributed by atoms with Gasteiger partial charge in [-0.05, 0) is 42.9 Å². The normalized spacial score (nSPS) is 14.8. The van der Waals surface area contributed by atoms with Crippen LogP contribution in [0.4, 0.5) is 5.69 Å². The summed E-state index contributed by atoms with van der Waals surface area (Å²) in [5.74, 6) is 0.650. The van der Waals surface area contributed by atoms with E-state index in [2.05, 4.69) is 20.6 Å². The smallest absolute Gasteiger partial charge is 0.273 e. The molecule has 13 heteroatoms. The average molecular weight is 562 g/mol. The first kappa shape index (κ1) is 25.4. The summed E-state index contributed by atoms with van der Waals surface area (Å²) in [6.07, 6.45) is 2.60. The van der Waals surface area contributed by atoms with Crippen LogP contribution in [0.15, 0.2) is 66.4 Å². The first-order chi connectivity index (χ1) is 19.4. The minimum atomic E-state index is -0.638. The van der Waals surface area contributed by atoms with Gasteiger partial charge in [-0.25, -0.2) is 4.68 Å². The molecule has 1 atom stereocenters. The van der Waals surface area contributed by atoms with Crippen molar-refractivity contribution in [3.63, 3.8) is 0 Å². The van der Waals surface area contributed by atoms with Crippen molar-refractivity contribution in [2.75, 3.05) is 19.5 Å². The van der Waals surface area contributed by atoms with Crippen molar-refractivity contribution in [1.29, 1.82) is 0 Å². The number of aromatic amines is 1. The van der Waals surface area contributed by atoms with E-state index in [9.17, 15) is 9.59 Å². The predicted octanol–water partition coefficient (Wildman–Crippen LogP) is 4.41. The van der Waals surface area contributed by atoms with Crippen LogP contribution < -0.4 is 25.8 Å². The lowest BCUT2D eigenvalue weighted by atomic mass is 9.99. The number of aromatic nitrogens is 3. The highest BCUT2D eigenvalue weighted by molar-refractivity contribution is 7.71. The second-order valence-electron chi connectivity index (χ2n) is 9.05. The second-order valence-corrected chi connectivity index (χ2v) is 9.43. The Morgan fingerprint density at radius 3 is 2.62 bits per heavy atom. The highest BCUT2D eigenvalue weighted by Gasteiger charge is 2.30. The van der Waals surface area contributed by atoms with Crippen molar-refractivity contribution in [2.45, 2.75) is 26.1 Å². The maximum absolute atomic E-state index is 13.7. The van der Waals surface area contributed by atoms with E-state index >= 15 is 0 Å². The fraction of sp³-hybridized carbons (Fsp3) is 0.222. The molecule has 0 aliphatic carbocycles. The molecule has 0 amide bonds. The van der Waals surface area contributed by atoms with Crippen LogP contribution in [0.3, 0.4) is 0 Å². The molecule has 2 aromatic carbocycles. The van der Waals surface area contributed by atoms with Crippen LogP contribution in [0.5, 0.6) is 11.5 Å². The van der Waals surface area contributed by atoms with Gasteiger partial charge < -0.3 is 28.5 Å². The van der Waals surface area contributed by atoms with Crippen LogP contribution in [0.2, 0.25) is 0 Å². The Hall–Kier alpha value is -4.91. The molecule has 6 rings (SSSR count). The summed E-state index contributed by atoms with van der Waals surface area (Å²) in [6.45, 7) is 1.89. The Morgan fingerprint density at radius 2 is 1.88 bits per heavy atom. The summed E-state index contributed by atoms with van der Waals surface area (Å²) in [7, 11) is 2.97. The number of fused-ring (bicyclic) bond motifs is 2. The Balaban J connectivity index is 1.22. The number of hydrogen-bond donors (Lipinski definition) is 2. The molecular weight excluding hydrogens is 538 g/mol. The number of anilines is 1. The lowest BCUT2D eigenvalue weighted by Crippen LogP contribution is -2.22. The van der Waals surface area contributed by atoms with E-state index in [0.717, 1.165) is 11.3 Å². The van der Waals surface area contributed by atoms with Gasteiger partial charge >= 0.3 is 0 Å². The van der Waals surface area contributed by atoms with Crippen molar-refractivity contribution in [3.8, 4) is 11.5 Å². The number of oxime groups is 1. The number of furan rings is 1. The first-order valence-electron chi connectivity index (χ1n) is 12.2. The molecule has 0 bridgehead atoms. The molecule has 204 valence electrons. The van der Waals surface area contributed by atoms with Crippen LogP contribution in [0.25, 0.3) is 21.9 Å². The van der Waals surface area contributed by atoms with E-state index in [1.807, 2.05) is 24.3 Å². The maximum atomic E-state index is 13.7. The summed E-state index contributed by atoms with van der Waals surface area (Å²) in [5, 5.41) is 12.5. The molecule has 2 N–H and O–H groups in total. The number of ether oxygens (including phenoxy) is 2. The second kappa shape index (κ2) is 10.0. The zero-order valence-electron chi connectivity index (χ0n) is 21.6. The molecule has 0 spiro atoms. The standard InChI is InChI=1S/C27H23N5O7S/c1-13-26(34)29-27(40)32(30-13)12-28-15-6-4-14(5-7-15)18-10-19(39-31-18)17-11-38-24-20(21(17)33)22(35-2)16-8-9-37-23(16)25(24)36-3/h4-9,11,19,28H,10,12H2,1-3H3,(H,29,34,40). The molecule has 3 aromatic heterocycles. The number of benzene rings is 2. The topological polar surface area (TPSA) is 146 Å². The number of nitrogens with one attached hydrogen (secondary N) is 2. The van der Waals surface area contributed by atoms with Crippen molar-refractivity contribution in [3.05, 3.63) is 85.0 Å². The van der Waals surface area contributed by atoms with E-state index in [-0.39, 0.29) is 33.4 Å². The third-order valence-corrected chi connectivity index (χ3v) is 7.01. The summed E-state index contributed by atoms with van der Waals surface area (Å²) >= 11 is 5.17. The van der Waals surface area contributed by atoms with E-state index in [1.165, 1.54) is 31.4 Å². The van der Waals surface area contributed by atoms with Gasteiger partial charge in [0.15, 0.2) is 22.0 Å². The fourth-order valence-corrected chi connectivity index (χ4v) is 4.87. The third kappa shape index (κ3) is 4.20. The van der Waals surface area contributed by atoms with E-state index in [4.69, 9.17) is 35.4 Å². The number of aryl methyl sites for hydroxylation is 1. The first-order valence-corrected chi connectivity index (χ1v) is 12.6. The van der Waals surface area contributed by atoms with Gasteiger partial charge in [0.05, 0.1) is 37.1 Å². The highest BCUT2D eigenvalue weighted by atomic mass is 32.1. The maximum Gasteiger partial charge on any atom is 0.273 e.